The van der Waals surface area contributed by atoms with E-state index in [2.05, 4.69) is 10.1 Å². The topological polar surface area (TPSA) is 98.0 Å². The highest BCUT2D eigenvalue weighted by atomic mass is 16.5. The van der Waals surface area contributed by atoms with Crippen LogP contribution in [-0.4, -0.2) is 31.8 Å². The van der Waals surface area contributed by atoms with Crippen molar-refractivity contribution in [2.24, 2.45) is 0 Å². The predicted octanol–water partition coefficient (Wildman–Crippen LogP) is 3.25. The summed E-state index contributed by atoms with van der Waals surface area (Å²) in [7, 11) is 2.95. The van der Waals surface area contributed by atoms with Crippen molar-refractivity contribution in [3.63, 3.8) is 0 Å². The molecule has 0 bridgehead atoms. The molecule has 1 aromatic heterocycles. The largest absolute Gasteiger partial charge is 0.507 e. The summed E-state index contributed by atoms with van der Waals surface area (Å²) >= 11 is 0. The molecule has 7 heteroatoms. The van der Waals surface area contributed by atoms with E-state index in [-0.39, 0.29) is 24.6 Å². The van der Waals surface area contributed by atoms with Gasteiger partial charge >= 0.3 is 11.6 Å². The zero-order valence-electron chi connectivity index (χ0n) is 18.0. The zero-order valence-corrected chi connectivity index (χ0v) is 18.0. The van der Waals surface area contributed by atoms with E-state index in [9.17, 15) is 14.7 Å². The fraction of sp³-hybridized carbons (Fsp3) is 0.333. The molecule has 0 aliphatic rings. The Morgan fingerprint density at radius 1 is 1.06 bits per heavy atom. The Bertz CT molecular complexity index is 1120. The molecule has 0 saturated carbocycles. The van der Waals surface area contributed by atoms with Crippen LogP contribution in [0, 0.1) is 6.92 Å². The van der Waals surface area contributed by atoms with E-state index < -0.39 is 5.63 Å². The summed E-state index contributed by atoms with van der Waals surface area (Å²) in [6.45, 7) is 2.86. The number of phenols is 1. The summed E-state index contributed by atoms with van der Waals surface area (Å²) in [5.41, 5.74) is 2.75. The maximum atomic E-state index is 12.6. The molecule has 0 saturated heterocycles. The first-order chi connectivity index (χ1) is 14.9. The summed E-state index contributed by atoms with van der Waals surface area (Å²) < 4.78 is 15.4. The van der Waals surface area contributed by atoms with Crippen LogP contribution >= 0.6 is 0 Å². The lowest BCUT2D eigenvalue weighted by Gasteiger charge is -2.13. The van der Waals surface area contributed by atoms with E-state index in [4.69, 9.17) is 9.15 Å². The van der Waals surface area contributed by atoms with Crippen LogP contribution in [-0.2, 0) is 28.9 Å². The maximum Gasteiger partial charge on any atom is 0.339 e. The van der Waals surface area contributed by atoms with Gasteiger partial charge in [-0.25, -0.2) is 4.79 Å². The lowest BCUT2D eigenvalue weighted by atomic mass is 10.00. The van der Waals surface area contributed by atoms with Crippen LogP contribution in [0.1, 0.15) is 28.7 Å². The molecule has 0 atom stereocenters. The van der Waals surface area contributed by atoms with Gasteiger partial charge in [0.1, 0.15) is 17.1 Å². The number of carbonyl (C=O) groups is 1. The van der Waals surface area contributed by atoms with Crippen molar-refractivity contribution in [1.82, 2.24) is 5.32 Å². The van der Waals surface area contributed by atoms with Crippen molar-refractivity contribution in [2.75, 3.05) is 20.8 Å². The van der Waals surface area contributed by atoms with Crippen molar-refractivity contribution in [3.05, 3.63) is 69.1 Å². The summed E-state index contributed by atoms with van der Waals surface area (Å²) in [5, 5.41) is 14.4. The Morgan fingerprint density at radius 3 is 2.48 bits per heavy atom. The quantitative estimate of drug-likeness (QED) is 0.308. The fourth-order valence-corrected chi connectivity index (χ4v) is 3.53. The van der Waals surface area contributed by atoms with E-state index >= 15 is 0 Å². The minimum Gasteiger partial charge on any atom is -0.507 e. The van der Waals surface area contributed by atoms with Gasteiger partial charge in [-0.05, 0) is 61.7 Å². The number of methoxy groups -OCH3 is 2. The number of hydrogen-bond acceptors (Lipinski definition) is 7. The highest BCUT2D eigenvalue weighted by Crippen LogP contribution is 2.29. The van der Waals surface area contributed by atoms with Gasteiger partial charge in [0.05, 0.1) is 19.8 Å². The van der Waals surface area contributed by atoms with E-state index in [0.717, 1.165) is 28.7 Å². The van der Waals surface area contributed by atoms with Gasteiger partial charge in [-0.2, -0.15) is 0 Å². The van der Waals surface area contributed by atoms with Crippen molar-refractivity contribution in [1.29, 1.82) is 0 Å². The van der Waals surface area contributed by atoms with Gasteiger partial charge in [-0.15, -0.1) is 0 Å². The van der Waals surface area contributed by atoms with E-state index in [1.54, 1.807) is 19.2 Å². The monoisotopic (exact) mass is 425 g/mol. The molecule has 0 unspecified atom stereocenters. The highest BCUT2D eigenvalue weighted by Gasteiger charge is 2.17. The number of benzene rings is 2. The summed E-state index contributed by atoms with van der Waals surface area (Å²) in [4.78, 5) is 24.0. The molecule has 0 aliphatic heterocycles. The number of hydrogen-bond donors (Lipinski definition) is 2. The Kier molecular flexibility index (Phi) is 7.31. The van der Waals surface area contributed by atoms with Crippen LogP contribution in [0.4, 0.5) is 0 Å². The summed E-state index contributed by atoms with van der Waals surface area (Å²) in [6, 6.07) is 11.2. The minimum atomic E-state index is -0.501. The SMILES string of the molecule is COC(=O)CCc1c(C)c2ccc(O)c(CNCCc3ccc(OC)cc3)c2oc1=O. The van der Waals surface area contributed by atoms with Gasteiger partial charge in [0, 0.05) is 23.9 Å². The van der Waals surface area contributed by atoms with E-state index in [0.29, 0.717) is 29.8 Å². The van der Waals surface area contributed by atoms with Gasteiger partial charge in [0.15, 0.2) is 0 Å². The second-order valence-corrected chi connectivity index (χ2v) is 7.28. The number of nitrogens with one attached hydrogen (secondary N) is 1. The van der Waals surface area contributed by atoms with E-state index in [1.807, 2.05) is 31.2 Å². The molecule has 3 rings (SSSR count). The third-order valence-corrected chi connectivity index (χ3v) is 5.39. The number of aryl methyl sites for hydroxylation is 1. The van der Waals surface area contributed by atoms with Crippen LogP contribution in [0.15, 0.2) is 45.6 Å². The third-order valence-electron chi connectivity index (χ3n) is 5.39. The van der Waals surface area contributed by atoms with Crippen molar-refractivity contribution in [3.8, 4) is 11.5 Å². The standard InChI is InChI=1S/C24H27NO6/c1-15-18-8-10-21(26)20(14-25-13-12-16-4-6-17(29-2)7-5-16)23(18)31-24(28)19(15)9-11-22(27)30-3/h4-8,10,25-26H,9,11-14H2,1-3H3. The molecular formula is C24H27NO6. The molecule has 0 fully saturated rings. The predicted molar refractivity (Wildman–Crippen MR) is 118 cm³/mol. The first kappa shape index (κ1) is 22.4. The van der Waals surface area contributed by atoms with Gasteiger partial charge < -0.3 is 24.3 Å². The number of ether oxygens (including phenoxy) is 2. The van der Waals surface area contributed by atoms with Crippen molar-refractivity contribution in [2.45, 2.75) is 32.7 Å². The number of esters is 1. The third kappa shape index (κ3) is 5.24. The Balaban J connectivity index is 1.76. The van der Waals surface area contributed by atoms with Crippen LogP contribution in [0.25, 0.3) is 11.0 Å². The highest BCUT2D eigenvalue weighted by molar-refractivity contribution is 5.85. The summed E-state index contributed by atoms with van der Waals surface area (Å²) in [5.74, 6) is 0.495. The molecule has 1 heterocycles. The average molecular weight is 425 g/mol. The van der Waals surface area contributed by atoms with Crippen LogP contribution in [0.3, 0.4) is 0 Å². The molecule has 0 aliphatic carbocycles. The molecule has 3 aromatic rings. The maximum absolute atomic E-state index is 12.6. The van der Waals surface area contributed by atoms with Gasteiger partial charge in [-0.1, -0.05) is 12.1 Å². The van der Waals surface area contributed by atoms with Gasteiger partial charge in [0.2, 0.25) is 0 Å². The van der Waals surface area contributed by atoms with Crippen molar-refractivity contribution < 1.29 is 23.8 Å². The second kappa shape index (κ2) is 10.1. The number of fused-ring (bicyclic) bond motifs is 1. The normalized spacial score (nSPS) is 10.9. The average Bonchev–Trinajstić information content (AvgIpc) is 2.77. The molecule has 164 valence electrons. The first-order valence-electron chi connectivity index (χ1n) is 10.1. The molecule has 2 aromatic carbocycles. The molecule has 2 N–H and O–H groups in total. The fourth-order valence-electron chi connectivity index (χ4n) is 3.53. The van der Waals surface area contributed by atoms with Crippen LogP contribution < -0.4 is 15.7 Å². The van der Waals surface area contributed by atoms with Crippen molar-refractivity contribution >= 4 is 16.9 Å². The van der Waals surface area contributed by atoms with E-state index in [1.165, 1.54) is 7.11 Å². The Morgan fingerprint density at radius 2 is 1.81 bits per heavy atom. The molecule has 0 spiro atoms. The van der Waals surface area contributed by atoms with Crippen LogP contribution in [0.2, 0.25) is 0 Å². The Labute approximate surface area is 180 Å². The summed E-state index contributed by atoms with van der Waals surface area (Å²) in [6.07, 6.45) is 1.15. The smallest absolute Gasteiger partial charge is 0.339 e. The van der Waals surface area contributed by atoms with Crippen LogP contribution in [0.5, 0.6) is 11.5 Å². The second-order valence-electron chi connectivity index (χ2n) is 7.28. The lowest BCUT2D eigenvalue weighted by molar-refractivity contribution is -0.140. The molecule has 0 radical (unpaired) electrons. The Hall–Kier alpha value is -3.32. The lowest BCUT2D eigenvalue weighted by Crippen LogP contribution is -2.18. The number of carbonyl (C=O) groups excluding carboxylic acids is 1. The zero-order chi connectivity index (χ0) is 22.4. The molecule has 7 nitrogen and oxygen atoms in total. The molecule has 31 heavy (non-hydrogen) atoms. The molecule has 0 amide bonds. The first-order valence-corrected chi connectivity index (χ1v) is 10.1. The van der Waals surface area contributed by atoms with Gasteiger partial charge in [-0.3, -0.25) is 4.79 Å². The van der Waals surface area contributed by atoms with Gasteiger partial charge in [0.25, 0.3) is 0 Å². The number of aromatic hydroxyl groups is 1. The molecular weight excluding hydrogens is 398 g/mol. The number of phenolic OH excluding ortho intramolecular Hbond substituents is 1. The minimum absolute atomic E-state index is 0.0642. The number of rotatable bonds is 9.